The summed E-state index contributed by atoms with van der Waals surface area (Å²) in [4.78, 5) is 14.8. The van der Waals surface area contributed by atoms with Gasteiger partial charge < -0.3 is 10.4 Å². The first-order valence-electron chi connectivity index (χ1n) is 6.29. The second kappa shape index (κ2) is 6.05. The third kappa shape index (κ3) is 3.35. The molecule has 1 aromatic heterocycles. The van der Waals surface area contributed by atoms with E-state index in [1.165, 1.54) is 44.4 Å². The van der Waals surface area contributed by atoms with Gasteiger partial charge in [0, 0.05) is 12.7 Å². The van der Waals surface area contributed by atoms with Crippen molar-refractivity contribution in [3.8, 4) is 0 Å². The summed E-state index contributed by atoms with van der Waals surface area (Å²) in [5.41, 5.74) is 0.114. The van der Waals surface area contributed by atoms with E-state index >= 15 is 0 Å². The number of pyridine rings is 1. The summed E-state index contributed by atoms with van der Waals surface area (Å²) in [6.45, 7) is 0.860. The highest BCUT2D eigenvalue weighted by Crippen LogP contribution is 2.25. The van der Waals surface area contributed by atoms with Crippen LogP contribution in [0, 0.1) is 5.92 Å². The van der Waals surface area contributed by atoms with Crippen molar-refractivity contribution in [1.82, 2.24) is 4.98 Å². The Morgan fingerprint density at radius 2 is 2.17 bits per heavy atom. The predicted molar refractivity (Wildman–Crippen MR) is 71.3 cm³/mol. The van der Waals surface area contributed by atoms with Gasteiger partial charge in [0.2, 0.25) is 0 Å². The number of carboxylic acid groups (broad SMARTS) is 1. The van der Waals surface area contributed by atoms with Crippen LogP contribution < -0.4 is 5.32 Å². The van der Waals surface area contributed by atoms with Gasteiger partial charge in [0.1, 0.15) is 5.82 Å². The fraction of sp³-hybridized carbons (Fsp3) is 0.538. The molecule has 0 saturated heterocycles. The second-order valence-electron chi connectivity index (χ2n) is 4.74. The molecule has 0 amide bonds. The molecule has 2 N–H and O–H groups in total. The Morgan fingerprint density at radius 3 is 2.78 bits per heavy atom. The number of rotatable bonds is 4. The van der Waals surface area contributed by atoms with Crippen molar-refractivity contribution in [2.24, 2.45) is 5.92 Å². The summed E-state index contributed by atoms with van der Waals surface area (Å²) in [7, 11) is 0. The highest BCUT2D eigenvalue weighted by molar-refractivity contribution is 6.33. The van der Waals surface area contributed by atoms with Crippen LogP contribution in [0.25, 0.3) is 0 Å². The van der Waals surface area contributed by atoms with Gasteiger partial charge in [-0.15, -0.1) is 0 Å². The van der Waals surface area contributed by atoms with Crippen LogP contribution in [0.3, 0.4) is 0 Å². The lowest BCUT2D eigenvalue weighted by Crippen LogP contribution is -2.18. The van der Waals surface area contributed by atoms with Crippen LogP contribution in [0.5, 0.6) is 0 Å². The molecule has 2 rings (SSSR count). The van der Waals surface area contributed by atoms with E-state index in [2.05, 4.69) is 10.3 Å². The fourth-order valence-electron chi connectivity index (χ4n) is 2.32. The molecule has 0 unspecified atom stereocenters. The topological polar surface area (TPSA) is 62.2 Å². The van der Waals surface area contributed by atoms with Crippen LogP contribution in [0.1, 0.15) is 42.5 Å². The smallest absolute Gasteiger partial charge is 0.337 e. The highest BCUT2D eigenvalue weighted by atomic mass is 35.5. The third-order valence-corrected chi connectivity index (χ3v) is 3.66. The normalized spacial score (nSPS) is 16.5. The van der Waals surface area contributed by atoms with Crippen LogP contribution in [-0.4, -0.2) is 22.6 Å². The van der Waals surface area contributed by atoms with Gasteiger partial charge in [-0.25, -0.2) is 9.78 Å². The maximum Gasteiger partial charge on any atom is 0.337 e. The van der Waals surface area contributed by atoms with Crippen molar-refractivity contribution < 1.29 is 9.90 Å². The lowest BCUT2D eigenvalue weighted by molar-refractivity contribution is 0.0696. The van der Waals surface area contributed by atoms with E-state index in [1.807, 2.05) is 0 Å². The van der Waals surface area contributed by atoms with Gasteiger partial charge >= 0.3 is 5.97 Å². The summed E-state index contributed by atoms with van der Waals surface area (Å²) >= 11 is 6.00. The van der Waals surface area contributed by atoms with E-state index in [1.54, 1.807) is 0 Å². The second-order valence-corrected chi connectivity index (χ2v) is 5.15. The predicted octanol–water partition coefficient (Wildman–Crippen LogP) is 3.43. The Kier molecular flexibility index (Phi) is 4.42. The molecular formula is C13H17ClN2O2. The standard InChI is InChI=1S/C13H17ClN2O2/c14-11-6-10(13(17)18)8-16-12(11)15-7-9-4-2-1-3-5-9/h6,8-9H,1-5,7H2,(H,15,16)(H,17,18). The Labute approximate surface area is 111 Å². The Morgan fingerprint density at radius 1 is 1.44 bits per heavy atom. The van der Waals surface area contributed by atoms with Crippen LogP contribution in [0.15, 0.2) is 12.3 Å². The van der Waals surface area contributed by atoms with Gasteiger partial charge in [-0.1, -0.05) is 30.9 Å². The molecule has 0 aliphatic heterocycles. The molecule has 0 spiro atoms. The molecule has 4 nitrogen and oxygen atoms in total. The summed E-state index contributed by atoms with van der Waals surface area (Å²) in [5, 5.41) is 12.4. The van der Waals surface area contributed by atoms with E-state index < -0.39 is 5.97 Å². The molecule has 98 valence electrons. The van der Waals surface area contributed by atoms with Gasteiger partial charge in [-0.3, -0.25) is 0 Å². The van der Waals surface area contributed by atoms with E-state index in [0.29, 0.717) is 16.8 Å². The molecule has 0 atom stereocenters. The van der Waals surface area contributed by atoms with E-state index in [9.17, 15) is 4.79 Å². The van der Waals surface area contributed by atoms with Gasteiger partial charge in [0.05, 0.1) is 10.6 Å². The number of halogens is 1. The van der Waals surface area contributed by atoms with Gasteiger partial charge in [0.25, 0.3) is 0 Å². The number of nitrogens with one attached hydrogen (secondary N) is 1. The zero-order valence-corrected chi connectivity index (χ0v) is 10.9. The molecule has 0 aromatic carbocycles. The number of aromatic carboxylic acids is 1. The zero-order chi connectivity index (χ0) is 13.0. The lowest BCUT2D eigenvalue weighted by atomic mass is 9.89. The van der Waals surface area contributed by atoms with Crippen molar-refractivity contribution in [2.75, 3.05) is 11.9 Å². The van der Waals surface area contributed by atoms with E-state index in [-0.39, 0.29) is 5.56 Å². The molecule has 1 heterocycles. The molecule has 5 heteroatoms. The highest BCUT2D eigenvalue weighted by Gasteiger charge is 2.14. The minimum absolute atomic E-state index is 0.114. The largest absolute Gasteiger partial charge is 0.478 e. The SMILES string of the molecule is O=C(O)c1cnc(NCC2CCCCC2)c(Cl)c1. The molecule has 1 aliphatic carbocycles. The van der Waals surface area contributed by atoms with Crippen LogP contribution in [-0.2, 0) is 0 Å². The summed E-state index contributed by atoms with van der Waals surface area (Å²) in [6.07, 6.45) is 7.76. The quantitative estimate of drug-likeness (QED) is 0.878. The maximum atomic E-state index is 10.8. The number of nitrogens with zero attached hydrogens (tertiary/aromatic N) is 1. The molecule has 1 aromatic rings. The van der Waals surface area contributed by atoms with Crippen molar-refractivity contribution in [2.45, 2.75) is 32.1 Å². The molecule has 1 saturated carbocycles. The Hall–Kier alpha value is -1.29. The molecule has 18 heavy (non-hydrogen) atoms. The van der Waals surface area contributed by atoms with Crippen LogP contribution >= 0.6 is 11.6 Å². The van der Waals surface area contributed by atoms with Gasteiger partial charge in [-0.2, -0.15) is 0 Å². The summed E-state index contributed by atoms with van der Waals surface area (Å²) in [6, 6.07) is 1.43. The summed E-state index contributed by atoms with van der Waals surface area (Å²) < 4.78 is 0. The van der Waals surface area contributed by atoms with Gasteiger partial charge in [-0.05, 0) is 24.8 Å². The first-order chi connectivity index (χ1) is 8.66. The van der Waals surface area contributed by atoms with Crippen molar-refractivity contribution >= 4 is 23.4 Å². The number of hydrogen-bond acceptors (Lipinski definition) is 3. The van der Waals surface area contributed by atoms with Crippen LogP contribution in [0.4, 0.5) is 5.82 Å². The number of anilines is 1. The third-order valence-electron chi connectivity index (χ3n) is 3.37. The molecule has 1 fully saturated rings. The Balaban J connectivity index is 1.94. The van der Waals surface area contributed by atoms with Crippen molar-refractivity contribution in [3.05, 3.63) is 22.8 Å². The van der Waals surface area contributed by atoms with Crippen LogP contribution in [0.2, 0.25) is 5.02 Å². The minimum atomic E-state index is -1.01. The van der Waals surface area contributed by atoms with Crippen molar-refractivity contribution in [3.63, 3.8) is 0 Å². The first-order valence-corrected chi connectivity index (χ1v) is 6.67. The molecule has 0 radical (unpaired) electrons. The maximum absolute atomic E-state index is 10.8. The number of aromatic nitrogens is 1. The molecule has 0 bridgehead atoms. The molecule has 1 aliphatic rings. The van der Waals surface area contributed by atoms with E-state index in [4.69, 9.17) is 16.7 Å². The van der Waals surface area contributed by atoms with Crippen molar-refractivity contribution in [1.29, 1.82) is 0 Å². The number of hydrogen-bond donors (Lipinski definition) is 2. The average Bonchev–Trinajstić information content (AvgIpc) is 2.38. The number of carbonyl (C=O) groups is 1. The fourth-order valence-corrected chi connectivity index (χ4v) is 2.55. The molecular weight excluding hydrogens is 252 g/mol. The van der Waals surface area contributed by atoms with Gasteiger partial charge in [0.15, 0.2) is 0 Å². The minimum Gasteiger partial charge on any atom is -0.478 e. The summed E-state index contributed by atoms with van der Waals surface area (Å²) in [5.74, 6) is 0.242. The zero-order valence-electron chi connectivity index (χ0n) is 10.2. The number of carboxylic acids is 1. The lowest BCUT2D eigenvalue weighted by Gasteiger charge is -2.22. The van der Waals surface area contributed by atoms with E-state index in [0.717, 1.165) is 6.54 Å². The first kappa shape index (κ1) is 13.1. The average molecular weight is 269 g/mol. The monoisotopic (exact) mass is 268 g/mol. The Bertz CT molecular complexity index is 431.